The van der Waals surface area contributed by atoms with Crippen LogP contribution in [0.5, 0.6) is 0 Å². The van der Waals surface area contributed by atoms with Gasteiger partial charge in [0.2, 0.25) is 0 Å². The Kier molecular flexibility index (Phi) is 5.83. The van der Waals surface area contributed by atoms with E-state index in [1.54, 1.807) is 0 Å². The average Bonchev–Trinajstić information content (AvgIpc) is 2.28. The second-order valence-corrected chi connectivity index (χ2v) is 6.42. The molecule has 0 aliphatic heterocycles. The summed E-state index contributed by atoms with van der Waals surface area (Å²) in [5.74, 6) is 0.689. The quantitative estimate of drug-likeness (QED) is 0.897. The summed E-state index contributed by atoms with van der Waals surface area (Å²) in [6.45, 7) is 6.69. The molecule has 0 saturated carbocycles. The molecule has 1 aromatic carbocycles. The molecule has 0 spiro atoms. The van der Waals surface area contributed by atoms with Gasteiger partial charge >= 0.3 is 0 Å². The van der Waals surface area contributed by atoms with Gasteiger partial charge in [-0.2, -0.15) is 0 Å². The third kappa shape index (κ3) is 3.56. The predicted molar refractivity (Wildman–Crippen MR) is 80.7 cm³/mol. The summed E-state index contributed by atoms with van der Waals surface area (Å²) in [5.41, 5.74) is 2.57. The maximum atomic E-state index is 9.70. The van der Waals surface area contributed by atoms with E-state index in [2.05, 4.69) is 73.9 Å². The van der Waals surface area contributed by atoms with Crippen LogP contribution >= 0.6 is 15.9 Å². The van der Waals surface area contributed by atoms with E-state index in [-0.39, 0.29) is 18.6 Å². The van der Waals surface area contributed by atoms with Crippen molar-refractivity contribution < 1.29 is 5.11 Å². The van der Waals surface area contributed by atoms with E-state index >= 15 is 0 Å². The summed E-state index contributed by atoms with van der Waals surface area (Å²) in [7, 11) is 4.16. The summed E-state index contributed by atoms with van der Waals surface area (Å²) in [5, 5.41) is 9.70. The van der Waals surface area contributed by atoms with Crippen LogP contribution in [0.3, 0.4) is 0 Å². The molecule has 2 nitrogen and oxygen atoms in total. The van der Waals surface area contributed by atoms with E-state index in [1.807, 2.05) is 0 Å². The van der Waals surface area contributed by atoms with Gasteiger partial charge in [-0.25, -0.2) is 0 Å². The van der Waals surface area contributed by atoms with E-state index in [1.165, 1.54) is 11.1 Å². The normalized spacial score (nSPS) is 15.2. The summed E-state index contributed by atoms with van der Waals surface area (Å²) in [4.78, 5) is 2.20. The van der Waals surface area contributed by atoms with Gasteiger partial charge in [0.1, 0.15) is 0 Å². The molecule has 3 heteroatoms. The van der Waals surface area contributed by atoms with Crippen LogP contribution in [-0.4, -0.2) is 30.7 Å². The zero-order chi connectivity index (χ0) is 13.9. The fourth-order valence-electron chi connectivity index (χ4n) is 2.50. The summed E-state index contributed by atoms with van der Waals surface area (Å²) in [6.07, 6.45) is 0. The molecular formula is C15H24BrNO. The molecule has 2 unspecified atom stereocenters. The maximum absolute atomic E-state index is 9.70. The lowest BCUT2D eigenvalue weighted by atomic mass is 9.83. The van der Waals surface area contributed by atoms with Crippen LogP contribution in [0.4, 0.5) is 0 Å². The molecule has 0 aliphatic rings. The Morgan fingerprint density at radius 2 is 1.89 bits per heavy atom. The molecule has 0 fully saturated rings. The molecule has 1 rings (SSSR count). The van der Waals surface area contributed by atoms with E-state index in [9.17, 15) is 5.11 Å². The lowest BCUT2D eigenvalue weighted by Crippen LogP contribution is -2.33. The Morgan fingerprint density at radius 1 is 1.28 bits per heavy atom. The third-order valence-corrected chi connectivity index (χ3v) is 4.08. The molecule has 0 amide bonds. The van der Waals surface area contributed by atoms with Crippen molar-refractivity contribution in [1.82, 2.24) is 4.90 Å². The Labute approximate surface area is 119 Å². The molecule has 0 bridgehead atoms. The van der Waals surface area contributed by atoms with Crippen LogP contribution in [0.1, 0.15) is 31.0 Å². The van der Waals surface area contributed by atoms with Crippen molar-refractivity contribution in [3.05, 3.63) is 33.8 Å². The second-order valence-electron chi connectivity index (χ2n) is 5.50. The Balaban J connectivity index is 3.23. The number of halogens is 1. The zero-order valence-corrected chi connectivity index (χ0v) is 13.5. The van der Waals surface area contributed by atoms with E-state index in [4.69, 9.17) is 0 Å². The smallest absolute Gasteiger partial charge is 0.0480 e. The summed E-state index contributed by atoms with van der Waals surface area (Å²) in [6, 6.07) is 6.61. The van der Waals surface area contributed by atoms with Crippen molar-refractivity contribution in [2.45, 2.75) is 26.8 Å². The van der Waals surface area contributed by atoms with Crippen LogP contribution in [0.25, 0.3) is 0 Å². The molecule has 1 N–H and O–H groups in total. The van der Waals surface area contributed by atoms with Crippen LogP contribution in [0, 0.1) is 18.8 Å². The minimum Gasteiger partial charge on any atom is -0.396 e. The molecule has 0 saturated heterocycles. The first kappa shape index (κ1) is 15.7. The van der Waals surface area contributed by atoms with Gasteiger partial charge in [-0.3, -0.25) is 0 Å². The number of aryl methyl sites for hydroxylation is 1. The van der Waals surface area contributed by atoms with E-state index in [0.717, 1.165) is 4.47 Å². The van der Waals surface area contributed by atoms with Gasteiger partial charge in [0.05, 0.1) is 0 Å². The van der Waals surface area contributed by atoms with Crippen molar-refractivity contribution in [2.24, 2.45) is 11.8 Å². The van der Waals surface area contributed by atoms with Gasteiger partial charge in [0, 0.05) is 23.0 Å². The Morgan fingerprint density at radius 3 is 2.33 bits per heavy atom. The van der Waals surface area contributed by atoms with Crippen molar-refractivity contribution in [2.75, 3.05) is 20.7 Å². The van der Waals surface area contributed by atoms with E-state index in [0.29, 0.717) is 5.92 Å². The van der Waals surface area contributed by atoms with Crippen LogP contribution in [0.15, 0.2) is 22.7 Å². The van der Waals surface area contributed by atoms with Gasteiger partial charge in [0.25, 0.3) is 0 Å². The molecular weight excluding hydrogens is 290 g/mol. The lowest BCUT2D eigenvalue weighted by Gasteiger charge is -2.35. The van der Waals surface area contributed by atoms with Gasteiger partial charge in [0.15, 0.2) is 0 Å². The monoisotopic (exact) mass is 313 g/mol. The van der Waals surface area contributed by atoms with Crippen molar-refractivity contribution in [3.8, 4) is 0 Å². The topological polar surface area (TPSA) is 23.5 Å². The molecule has 102 valence electrons. The zero-order valence-electron chi connectivity index (χ0n) is 11.9. The second kappa shape index (κ2) is 6.69. The van der Waals surface area contributed by atoms with Crippen molar-refractivity contribution in [3.63, 3.8) is 0 Å². The first-order valence-electron chi connectivity index (χ1n) is 6.41. The largest absolute Gasteiger partial charge is 0.396 e. The molecule has 2 atom stereocenters. The SMILES string of the molecule is Cc1ccc(Br)cc1C(C(CO)C(C)C)N(C)C. The Bertz CT molecular complexity index is 390. The highest BCUT2D eigenvalue weighted by molar-refractivity contribution is 9.10. The van der Waals surface area contributed by atoms with Crippen LogP contribution < -0.4 is 0 Å². The third-order valence-electron chi connectivity index (χ3n) is 3.59. The maximum Gasteiger partial charge on any atom is 0.0480 e. The lowest BCUT2D eigenvalue weighted by molar-refractivity contribution is 0.0998. The number of rotatable bonds is 5. The summed E-state index contributed by atoms with van der Waals surface area (Å²) >= 11 is 3.54. The fraction of sp³-hybridized carbons (Fsp3) is 0.600. The Hall–Kier alpha value is -0.380. The minimum absolute atomic E-state index is 0.215. The highest BCUT2D eigenvalue weighted by Gasteiger charge is 2.28. The fourth-order valence-corrected chi connectivity index (χ4v) is 2.88. The van der Waals surface area contributed by atoms with Gasteiger partial charge in [-0.15, -0.1) is 0 Å². The van der Waals surface area contributed by atoms with Crippen molar-refractivity contribution in [1.29, 1.82) is 0 Å². The first-order chi connectivity index (χ1) is 8.38. The number of benzene rings is 1. The highest BCUT2D eigenvalue weighted by Crippen LogP contribution is 2.34. The predicted octanol–water partition coefficient (Wildman–Crippen LogP) is 3.62. The minimum atomic E-state index is 0.215. The first-order valence-corrected chi connectivity index (χ1v) is 7.21. The molecule has 0 radical (unpaired) electrons. The standard InChI is InChI=1S/C15H24BrNO/c1-10(2)14(9-18)15(17(4)5)13-8-12(16)7-6-11(13)3/h6-8,10,14-15,18H,9H2,1-5H3. The molecule has 0 aliphatic carbocycles. The van der Waals surface area contributed by atoms with Crippen LogP contribution in [-0.2, 0) is 0 Å². The molecule has 18 heavy (non-hydrogen) atoms. The van der Waals surface area contributed by atoms with Crippen molar-refractivity contribution >= 4 is 15.9 Å². The number of hydrogen-bond donors (Lipinski definition) is 1. The number of hydrogen-bond acceptors (Lipinski definition) is 2. The highest BCUT2D eigenvalue weighted by atomic mass is 79.9. The average molecular weight is 314 g/mol. The number of aliphatic hydroxyl groups excluding tert-OH is 1. The number of nitrogens with zero attached hydrogens (tertiary/aromatic N) is 1. The van der Waals surface area contributed by atoms with Gasteiger partial charge in [-0.1, -0.05) is 35.8 Å². The van der Waals surface area contributed by atoms with Crippen LogP contribution in [0.2, 0.25) is 0 Å². The molecule has 1 aromatic rings. The van der Waals surface area contributed by atoms with Gasteiger partial charge in [-0.05, 0) is 50.2 Å². The van der Waals surface area contributed by atoms with Gasteiger partial charge < -0.3 is 10.0 Å². The molecule has 0 heterocycles. The molecule has 0 aromatic heterocycles. The van der Waals surface area contributed by atoms with E-state index < -0.39 is 0 Å². The summed E-state index contributed by atoms with van der Waals surface area (Å²) < 4.78 is 1.09. The number of aliphatic hydroxyl groups is 1.